The molecule has 1 aliphatic rings. The minimum Gasteiger partial charge on any atom is -0.465 e. The Morgan fingerprint density at radius 3 is 2.67 bits per heavy atom. The highest BCUT2D eigenvalue weighted by Crippen LogP contribution is 2.18. The smallest absolute Gasteiger partial charge is 0.340 e. The maximum absolute atomic E-state index is 14.1. The Balaban J connectivity index is 1.66. The molecule has 7 nitrogen and oxygen atoms in total. The van der Waals surface area contributed by atoms with Crippen molar-refractivity contribution in [1.29, 1.82) is 5.26 Å². The first-order valence-corrected chi connectivity index (χ1v) is 8.49. The lowest BCUT2D eigenvalue weighted by Gasteiger charge is -2.35. The van der Waals surface area contributed by atoms with E-state index in [1.54, 1.807) is 12.1 Å². The molecule has 1 aromatic carbocycles. The molecule has 0 radical (unpaired) electrons. The van der Waals surface area contributed by atoms with Gasteiger partial charge in [-0.1, -0.05) is 6.07 Å². The number of nitrogens with one attached hydrogen (secondary N) is 1. The molecule has 1 saturated heterocycles. The van der Waals surface area contributed by atoms with E-state index < -0.39 is 11.8 Å². The largest absolute Gasteiger partial charge is 0.465 e. The Morgan fingerprint density at radius 2 is 2.04 bits per heavy atom. The number of esters is 1. The van der Waals surface area contributed by atoms with Crippen LogP contribution in [0.5, 0.6) is 0 Å². The van der Waals surface area contributed by atoms with Gasteiger partial charge in [-0.25, -0.2) is 9.18 Å². The molecule has 1 aliphatic heterocycles. The Labute approximate surface area is 155 Å². The molecule has 1 aromatic heterocycles. The average Bonchev–Trinajstić information content (AvgIpc) is 2.68. The lowest BCUT2D eigenvalue weighted by molar-refractivity contribution is 0.0595. The fraction of sp³-hybridized carbons (Fsp3) is 0.316. The number of nitrogens with zero attached hydrogens (tertiary/aromatic N) is 3. The lowest BCUT2D eigenvalue weighted by atomic mass is 10.1. The first-order valence-electron chi connectivity index (χ1n) is 8.49. The molecule has 27 heavy (non-hydrogen) atoms. The second-order valence-electron chi connectivity index (χ2n) is 6.25. The van der Waals surface area contributed by atoms with Gasteiger partial charge in [0.15, 0.2) is 0 Å². The first-order chi connectivity index (χ1) is 13.0. The predicted molar refractivity (Wildman–Crippen MR) is 97.0 cm³/mol. The molecule has 8 heteroatoms. The number of aromatic nitrogens is 1. The van der Waals surface area contributed by atoms with Gasteiger partial charge in [-0.3, -0.25) is 9.69 Å². The molecule has 0 spiro atoms. The Kier molecular flexibility index (Phi) is 5.52. The highest BCUT2D eigenvalue weighted by atomic mass is 19.1. The molecule has 0 atom stereocenters. The van der Waals surface area contributed by atoms with Crippen molar-refractivity contribution in [2.75, 3.05) is 38.2 Å². The van der Waals surface area contributed by atoms with Crippen molar-refractivity contribution in [2.24, 2.45) is 0 Å². The van der Waals surface area contributed by atoms with E-state index in [1.165, 1.54) is 25.4 Å². The Hall–Kier alpha value is -3.18. The van der Waals surface area contributed by atoms with Crippen LogP contribution in [0.3, 0.4) is 0 Å². The molecule has 0 bridgehead atoms. The molecule has 140 valence electrons. The van der Waals surface area contributed by atoms with E-state index in [0.717, 1.165) is 5.56 Å². The zero-order valence-corrected chi connectivity index (χ0v) is 14.9. The third-order valence-electron chi connectivity index (χ3n) is 4.59. The van der Waals surface area contributed by atoms with Gasteiger partial charge in [0.25, 0.3) is 5.56 Å². The Bertz CT molecular complexity index is 943. The molecule has 0 aliphatic carbocycles. The van der Waals surface area contributed by atoms with Gasteiger partial charge in [0.05, 0.1) is 18.2 Å². The highest BCUT2D eigenvalue weighted by Gasteiger charge is 2.22. The van der Waals surface area contributed by atoms with Crippen LogP contribution >= 0.6 is 0 Å². The molecule has 0 unspecified atom stereocenters. The third-order valence-corrected chi connectivity index (χ3v) is 4.59. The predicted octanol–water partition coefficient (Wildman–Crippen LogP) is 1.49. The highest BCUT2D eigenvalue weighted by molar-refractivity contribution is 5.89. The normalized spacial score (nSPS) is 14.6. The number of benzene rings is 1. The van der Waals surface area contributed by atoms with Crippen LogP contribution in [0.25, 0.3) is 0 Å². The van der Waals surface area contributed by atoms with Gasteiger partial charge in [-0.05, 0) is 23.8 Å². The number of piperazine rings is 1. The van der Waals surface area contributed by atoms with Crippen LogP contribution in [0.15, 0.2) is 35.3 Å². The van der Waals surface area contributed by atoms with E-state index in [2.05, 4.69) is 20.7 Å². The molecule has 0 saturated carbocycles. The van der Waals surface area contributed by atoms with E-state index in [-0.39, 0.29) is 11.1 Å². The number of aromatic amines is 1. The Morgan fingerprint density at radius 1 is 1.30 bits per heavy atom. The summed E-state index contributed by atoms with van der Waals surface area (Å²) in [5.41, 5.74) is 1.14. The number of carbonyl (C=O) groups excluding carboxylic acids is 1. The molecule has 2 aromatic rings. The fourth-order valence-electron chi connectivity index (χ4n) is 3.19. The number of hydrogen-bond acceptors (Lipinski definition) is 6. The molecule has 3 rings (SSSR count). The quantitative estimate of drug-likeness (QED) is 0.821. The molecule has 1 fully saturated rings. The molecule has 1 N–H and O–H groups in total. The van der Waals surface area contributed by atoms with Crippen molar-refractivity contribution >= 4 is 11.7 Å². The lowest BCUT2D eigenvalue weighted by Crippen LogP contribution is -2.47. The number of ether oxygens (including phenoxy) is 1. The maximum Gasteiger partial charge on any atom is 0.340 e. The van der Waals surface area contributed by atoms with Gasteiger partial charge >= 0.3 is 5.97 Å². The summed E-state index contributed by atoms with van der Waals surface area (Å²) in [6.45, 7) is 3.04. The van der Waals surface area contributed by atoms with Crippen LogP contribution in [0.1, 0.15) is 21.5 Å². The standard InChI is InChI=1S/C19H19FN4O3/c1-27-19(26)15-3-2-13(10-16(15)20)12-23-6-8-24(9-7-23)17-14(11-21)4-5-22-18(17)25/h2-5,10H,6-9,12H2,1H3,(H,22,25). The number of H-pyrrole nitrogens is 1. The topological polar surface area (TPSA) is 89.4 Å². The second-order valence-corrected chi connectivity index (χ2v) is 6.25. The number of anilines is 1. The summed E-state index contributed by atoms with van der Waals surface area (Å²) in [4.78, 5) is 30.2. The van der Waals surface area contributed by atoms with Crippen LogP contribution in [0, 0.1) is 17.1 Å². The summed E-state index contributed by atoms with van der Waals surface area (Å²) in [5, 5.41) is 9.22. The zero-order valence-electron chi connectivity index (χ0n) is 14.9. The van der Waals surface area contributed by atoms with E-state index >= 15 is 0 Å². The SMILES string of the molecule is COC(=O)c1ccc(CN2CCN(c3c(C#N)cc[nH]c3=O)CC2)cc1F. The maximum atomic E-state index is 14.1. The summed E-state index contributed by atoms with van der Waals surface area (Å²) in [6.07, 6.45) is 1.47. The monoisotopic (exact) mass is 370 g/mol. The van der Waals surface area contributed by atoms with Crippen molar-refractivity contribution in [3.05, 3.63) is 63.3 Å². The van der Waals surface area contributed by atoms with Crippen molar-refractivity contribution in [3.8, 4) is 6.07 Å². The summed E-state index contributed by atoms with van der Waals surface area (Å²) < 4.78 is 18.6. The molecule has 2 heterocycles. The van der Waals surface area contributed by atoms with E-state index in [4.69, 9.17) is 0 Å². The van der Waals surface area contributed by atoms with Gasteiger partial charge in [-0.15, -0.1) is 0 Å². The van der Waals surface area contributed by atoms with Gasteiger partial charge in [0.1, 0.15) is 17.6 Å². The molecular formula is C19H19FN4O3. The second kappa shape index (κ2) is 8.01. The fourth-order valence-corrected chi connectivity index (χ4v) is 3.19. The van der Waals surface area contributed by atoms with Crippen LogP contribution in [-0.4, -0.2) is 49.1 Å². The van der Waals surface area contributed by atoms with Gasteiger partial charge in [-0.2, -0.15) is 5.26 Å². The summed E-state index contributed by atoms with van der Waals surface area (Å²) in [5.74, 6) is -1.30. The van der Waals surface area contributed by atoms with Crippen LogP contribution in [-0.2, 0) is 11.3 Å². The van der Waals surface area contributed by atoms with E-state index in [1.807, 2.05) is 4.90 Å². The van der Waals surface area contributed by atoms with Gasteiger partial charge in [0.2, 0.25) is 0 Å². The number of pyridine rings is 1. The third kappa shape index (κ3) is 3.99. The summed E-state index contributed by atoms with van der Waals surface area (Å²) in [7, 11) is 1.21. The number of methoxy groups -OCH3 is 1. The van der Waals surface area contributed by atoms with Crippen molar-refractivity contribution in [1.82, 2.24) is 9.88 Å². The van der Waals surface area contributed by atoms with Crippen molar-refractivity contribution < 1.29 is 13.9 Å². The van der Waals surface area contributed by atoms with E-state index in [9.17, 15) is 19.2 Å². The van der Waals surface area contributed by atoms with Crippen LogP contribution in [0.2, 0.25) is 0 Å². The minimum absolute atomic E-state index is 0.0848. The average molecular weight is 370 g/mol. The number of rotatable bonds is 4. The number of hydrogen-bond donors (Lipinski definition) is 1. The number of halogens is 1. The number of nitriles is 1. The molecule has 0 amide bonds. The van der Waals surface area contributed by atoms with Crippen LogP contribution in [0.4, 0.5) is 10.1 Å². The molecular weight excluding hydrogens is 351 g/mol. The van der Waals surface area contributed by atoms with Gasteiger partial charge < -0.3 is 14.6 Å². The summed E-state index contributed by atoms with van der Waals surface area (Å²) >= 11 is 0. The van der Waals surface area contributed by atoms with Crippen LogP contribution < -0.4 is 10.5 Å². The zero-order chi connectivity index (χ0) is 19.4. The minimum atomic E-state index is -0.700. The summed E-state index contributed by atoms with van der Waals surface area (Å²) in [6, 6.07) is 8.12. The van der Waals surface area contributed by atoms with Crippen molar-refractivity contribution in [2.45, 2.75) is 6.54 Å². The first kappa shape index (κ1) is 18.6. The van der Waals surface area contributed by atoms with Crippen molar-refractivity contribution in [3.63, 3.8) is 0 Å². The van der Waals surface area contributed by atoms with Gasteiger partial charge in [0, 0.05) is 38.9 Å². The van der Waals surface area contributed by atoms with E-state index in [0.29, 0.717) is 44.0 Å². The number of carbonyl (C=O) groups is 1.